The van der Waals surface area contributed by atoms with E-state index >= 15 is 0 Å². The van der Waals surface area contributed by atoms with Gasteiger partial charge in [0.25, 0.3) is 0 Å². The smallest absolute Gasteiger partial charge is 0.181 e. The summed E-state index contributed by atoms with van der Waals surface area (Å²) in [6, 6.07) is 13.3. The van der Waals surface area contributed by atoms with E-state index in [0.29, 0.717) is 36.4 Å². The van der Waals surface area contributed by atoms with Gasteiger partial charge in [-0.25, -0.2) is 4.98 Å². The van der Waals surface area contributed by atoms with Crippen molar-refractivity contribution in [2.45, 2.75) is 19.9 Å². The van der Waals surface area contributed by atoms with Crippen molar-refractivity contribution in [2.24, 2.45) is 5.73 Å². The molecule has 0 unspecified atom stereocenters. The SMILES string of the molecule is CCOc1ccc([C@@H](N)c2nc(-c3ccc(I)cc3)n[nH]2)cc1OCC. The Hall–Kier alpha value is -2.13. The Morgan fingerprint density at radius 3 is 2.42 bits per heavy atom. The Morgan fingerprint density at radius 1 is 1.04 bits per heavy atom. The molecule has 26 heavy (non-hydrogen) atoms. The number of aromatic amines is 1. The Kier molecular flexibility index (Phi) is 6.10. The quantitative estimate of drug-likeness (QED) is 0.518. The zero-order chi connectivity index (χ0) is 18.5. The number of nitrogens with two attached hydrogens (primary N) is 1. The number of benzene rings is 2. The summed E-state index contributed by atoms with van der Waals surface area (Å²) in [4.78, 5) is 4.55. The van der Waals surface area contributed by atoms with E-state index in [1.807, 2.05) is 56.3 Å². The average molecular weight is 464 g/mol. The number of nitrogens with zero attached hydrogens (tertiary/aromatic N) is 2. The molecule has 0 saturated carbocycles. The van der Waals surface area contributed by atoms with Crippen LogP contribution in [0, 0.1) is 3.57 Å². The van der Waals surface area contributed by atoms with Crippen LogP contribution in [0.2, 0.25) is 0 Å². The summed E-state index contributed by atoms with van der Waals surface area (Å²) in [5, 5.41) is 7.24. The normalized spacial score (nSPS) is 12.0. The summed E-state index contributed by atoms with van der Waals surface area (Å²) in [6.45, 7) is 5.01. The minimum Gasteiger partial charge on any atom is -0.490 e. The number of rotatable bonds is 7. The van der Waals surface area contributed by atoms with Crippen LogP contribution < -0.4 is 15.2 Å². The highest BCUT2D eigenvalue weighted by molar-refractivity contribution is 14.1. The topological polar surface area (TPSA) is 86.0 Å². The summed E-state index contributed by atoms with van der Waals surface area (Å²) in [5.74, 6) is 2.62. The maximum Gasteiger partial charge on any atom is 0.181 e. The highest BCUT2D eigenvalue weighted by atomic mass is 127. The molecule has 0 aliphatic heterocycles. The number of aromatic nitrogens is 3. The molecule has 6 nitrogen and oxygen atoms in total. The van der Waals surface area contributed by atoms with Crippen molar-refractivity contribution in [1.29, 1.82) is 0 Å². The lowest BCUT2D eigenvalue weighted by Crippen LogP contribution is -2.14. The molecule has 1 aromatic heterocycles. The zero-order valence-corrected chi connectivity index (χ0v) is 16.9. The molecule has 3 rings (SSSR count). The first-order valence-corrected chi connectivity index (χ1v) is 9.53. The highest BCUT2D eigenvalue weighted by Gasteiger charge is 2.17. The van der Waals surface area contributed by atoms with E-state index in [-0.39, 0.29) is 0 Å². The number of hydrogen-bond acceptors (Lipinski definition) is 5. The zero-order valence-electron chi connectivity index (χ0n) is 14.7. The van der Waals surface area contributed by atoms with Gasteiger partial charge in [-0.3, -0.25) is 5.10 Å². The van der Waals surface area contributed by atoms with Gasteiger partial charge in [0.05, 0.1) is 19.3 Å². The summed E-state index contributed by atoms with van der Waals surface area (Å²) in [5.41, 5.74) is 8.21. The van der Waals surface area contributed by atoms with Crippen LogP contribution in [0.5, 0.6) is 11.5 Å². The summed E-state index contributed by atoms with van der Waals surface area (Å²) < 4.78 is 12.4. The van der Waals surface area contributed by atoms with E-state index < -0.39 is 6.04 Å². The molecule has 3 N–H and O–H groups in total. The van der Waals surface area contributed by atoms with Crippen LogP contribution in [0.25, 0.3) is 11.4 Å². The number of H-pyrrole nitrogens is 1. The van der Waals surface area contributed by atoms with Gasteiger partial charge >= 0.3 is 0 Å². The summed E-state index contributed by atoms with van der Waals surface area (Å²) >= 11 is 2.27. The molecule has 1 atom stereocenters. The second-order valence-corrected chi connectivity index (χ2v) is 6.85. The molecule has 0 saturated heterocycles. The highest BCUT2D eigenvalue weighted by Crippen LogP contribution is 2.31. The molecular formula is C19H21IN4O2. The fourth-order valence-electron chi connectivity index (χ4n) is 2.56. The van der Waals surface area contributed by atoms with Gasteiger partial charge in [-0.1, -0.05) is 18.2 Å². The molecule has 136 valence electrons. The van der Waals surface area contributed by atoms with E-state index in [0.717, 1.165) is 14.7 Å². The lowest BCUT2D eigenvalue weighted by molar-refractivity contribution is 0.287. The van der Waals surface area contributed by atoms with Gasteiger partial charge in [0.15, 0.2) is 17.3 Å². The van der Waals surface area contributed by atoms with Crippen LogP contribution in [0.15, 0.2) is 42.5 Å². The van der Waals surface area contributed by atoms with Crippen molar-refractivity contribution in [3.05, 3.63) is 57.4 Å². The molecule has 0 aliphatic carbocycles. The van der Waals surface area contributed by atoms with E-state index in [2.05, 4.69) is 37.8 Å². The Bertz CT molecular complexity index is 864. The molecule has 0 fully saturated rings. The van der Waals surface area contributed by atoms with Gasteiger partial charge in [-0.05, 0) is 66.3 Å². The van der Waals surface area contributed by atoms with Gasteiger partial charge in [0, 0.05) is 9.13 Å². The first kappa shape index (κ1) is 18.7. The maximum atomic E-state index is 6.39. The van der Waals surface area contributed by atoms with E-state index in [1.165, 1.54) is 0 Å². The lowest BCUT2D eigenvalue weighted by Gasteiger charge is -2.14. The van der Waals surface area contributed by atoms with Crippen LogP contribution in [-0.4, -0.2) is 28.4 Å². The molecule has 3 aromatic rings. The van der Waals surface area contributed by atoms with Crippen molar-refractivity contribution >= 4 is 22.6 Å². The monoisotopic (exact) mass is 464 g/mol. The lowest BCUT2D eigenvalue weighted by atomic mass is 10.1. The van der Waals surface area contributed by atoms with Crippen molar-refractivity contribution < 1.29 is 9.47 Å². The molecule has 0 amide bonds. The largest absolute Gasteiger partial charge is 0.490 e. The van der Waals surface area contributed by atoms with E-state index in [1.54, 1.807) is 0 Å². The molecule has 0 bridgehead atoms. The third-order valence-corrected chi connectivity index (χ3v) is 4.55. The third kappa shape index (κ3) is 4.16. The van der Waals surface area contributed by atoms with Crippen molar-refractivity contribution in [1.82, 2.24) is 15.2 Å². The maximum absolute atomic E-state index is 6.39. The molecule has 2 aromatic carbocycles. The first-order valence-electron chi connectivity index (χ1n) is 8.45. The number of ether oxygens (including phenoxy) is 2. The van der Waals surface area contributed by atoms with Gasteiger partial charge in [0.2, 0.25) is 0 Å². The van der Waals surface area contributed by atoms with Gasteiger partial charge in [0.1, 0.15) is 5.82 Å². The van der Waals surface area contributed by atoms with E-state index in [4.69, 9.17) is 15.2 Å². The Labute approximate surface area is 166 Å². The molecule has 0 radical (unpaired) electrons. The summed E-state index contributed by atoms with van der Waals surface area (Å²) in [7, 11) is 0. The molecule has 0 spiro atoms. The minimum atomic E-state index is -0.435. The molecule has 1 heterocycles. The van der Waals surface area contributed by atoms with Gasteiger partial charge in [-0.15, -0.1) is 0 Å². The summed E-state index contributed by atoms with van der Waals surface area (Å²) in [6.07, 6.45) is 0. The van der Waals surface area contributed by atoms with Gasteiger partial charge < -0.3 is 15.2 Å². The predicted molar refractivity (Wildman–Crippen MR) is 109 cm³/mol. The second-order valence-electron chi connectivity index (χ2n) is 5.60. The van der Waals surface area contributed by atoms with Crippen LogP contribution >= 0.6 is 22.6 Å². The van der Waals surface area contributed by atoms with Crippen LogP contribution in [0.4, 0.5) is 0 Å². The second kappa shape index (κ2) is 8.50. The van der Waals surface area contributed by atoms with Crippen LogP contribution in [0.3, 0.4) is 0 Å². The van der Waals surface area contributed by atoms with E-state index in [9.17, 15) is 0 Å². The molecule has 7 heteroatoms. The predicted octanol–water partition coefficient (Wildman–Crippen LogP) is 3.92. The fraction of sp³-hybridized carbons (Fsp3) is 0.263. The fourth-order valence-corrected chi connectivity index (χ4v) is 2.92. The Balaban J connectivity index is 1.86. The first-order chi connectivity index (χ1) is 12.6. The minimum absolute atomic E-state index is 0.435. The van der Waals surface area contributed by atoms with Crippen LogP contribution in [-0.2, 0) is 0 Å². The van der Waals surface area contributed by atoms with Crippen LogP contribution in [0.1, 0.15) is 31.3 Å². The number of hydrogen-bond donors (Lipinski definition) is 2. The number of halogens is 1. The van der Waals surface area contributed by atoms with Gasteiger partial charge in [-0.2, -0.15) is 5.10 Å². The Morgan fingerprint density at radius 2 is 1.73 bits per heavy atom. The number of nitrogens with one attached hydrogen (secondary N) is 1. The molecule has 0 aliphatic rings. The van der Waals surface area contributed by atoms with Crippen molar-refractivity contribution in [3.8, 4) is 22.9 Å². The van der Waals surface area contributed by atoms with Crippen molar-refractivity contribution in [2.75, 3.05) is 13.2 Å². The average Bonchev–Trinajstić information content (AvgIpc) is 3.13. The molecular weight excluding hydrogens is 443 g/mol. The standard InChI is InChI=1S/C19H21IN4O2/c1-3-25-15-10-7-13(11-16(15)26-4-2)17(21)19-22-18(23-24-19)12-5-8-14(20)9-6-12/h5-11,17H,3-4,21H2,1-2H3,(H,22,23,24)/t17-/m1/s1. The third-order valence-electron chi connectivity index (χ3n) is 3.83. The van der Waals surface area contributed by atoms with Crippen molar-refractivity contribution in [3.63, 3.8) is 0 Å².